The highest BCUT2D eigenvalue weighted by molar-refractivity contribution is 5.95. The van der Waals surface area contributed by atoms with Gasteiger partial charge in [0.2, 0.25) is 0 Å². The summed E-state index contributed by atoms with van der Waals surface area (Å²) in [4.78, 5) is 14.8. The predicted molar refractivity (Wildman–Crippen MR) is 93.3 cm³/mol. The van der Waals surface area contributed by atoms with Crippen molar-refractivity contribution in [3.63, 3.8) is 0 Å². The molecule has 0 aliphatic rings. The van der Waals surface area contributed by atoms with Gasteiger partial charge in [-0.3, -0.25) is 9.48 Å². The monoisotopic (exact) mass is 331 g/mol. The highest BCUT2D eigenvalue weighted by Crippen LogP contribution is 2.18. The molecule has 0 fully saturated rings. The van der Waals surface area contributed by atoms with Crippen LogP contribution in [-0.4, -0.2) is 26.6 Å². The molecule has 0 unspecified atom stereocenters. The summed E-state index contributed by atoms with van der Waals surface area (Å²) < 4.78 is 15.8. The van der Waals surface area contributed by atoms with Gasteiger partial charge >= 0.3 is 0 Å². The Bertz CT molecular complexity index is 696. The van der Waals surface area contributed by atoms with E-state index >= 15 is 0 Å². The van der Waals surface area contributed by atoms with Crippen LogP contribution in [0.5, 0.6) is 0 Å². The van der Waals surface area contributed by atoms with Crippen molar-refractivity contribution >= 4 is 5.91 Å². The summed E-state index contributed by atoms with van der Waals surface area (Å²) in [5.74, 6) is -0.371. The number of aryl methyl sites for hydroxylation is 2. The first-order chi connectivity index (χ1) is 11.5. The third-order valence-electron chi connectivity index (χ3n) is 4.31. The minimum atomic E-state index is -0.281. The van der Waals surface area contributed by atoms with Crippen LogP contribution < -0.4 is 0 Å². The Morgan fingerprint density at radius 1 is 1.33 bits per heavy atom. The summed E-state index contributed by atoms with van der Waals surface area (Å²) in [6, 6.07) is 6.63. The van der Waals surface area contributed by atoms with Crippen molar-refractivity contribution in [3.8, 4) is 0 Å². The number of nitrogens with zero attached hydrogens (tertiary/aromatic N) is 3. The van der Waals surface area contributed by atoms with Crippen molar-refractivity contribution in [2.75, 3.05) is 0 Å². The van der Waals surface area contributed by atoms with Crippen LogP contribution in [0.3, 0.4) is 0 Å². The molecule has 0 aliphatic carbocycles. The third-order valence-corrected chi connectivity index (χ3v) is 4.31. The molecule has 0 bridgehead atoms. The molecule has 1 aromatic heterocycles. The normalized spacial score (nSPS) is 12.2. The summed E-state index contributed by atoms with van der Waals surface area (Å²) in [7, 11) is 0. The van der Waals surface area contributed by atoms with Gasteiger partial charge in [-0.05, 0) is 32.8 Å². The summed E-state index contributed by atoms with van der Waals surface area (Å²) in [6.07, 6.45) is 3.57. The first kappa shape index (κ1) is 18.2. The number of hydrogen-bond acceptors (Lipinski definition) is 2. The summed E-state index contributed by atoms with van der Waals surface area (Å²) in [6.45, 7) is 8.98. The van der Waals surface area contributed by atoms with Crippen LogP contribution in [0.15, 0.2) is 30.5 Å². The van der Waals surface area contributed by atoms with Crippen LogP contribution in [0.25, 0.3) is 0 Å². The molecule has 0 N–H and O–H groups in total. The average molecular weight is 331 g/mol. The maximum absolute atomic E-state index is 14.0. The Kier molecular flexibility index (Phi) is 6.12. The second-order valence-electron chi connectivity index (χ2n) is 6.17. The van der Waals surface area contributed by atoms with Gasteiger partial charge in [-0.15, -0.1) is 0 Å². The van der Waals surface area contributed by atoms with E-state index in [2.05, 4.69) is 12.0 Å². The summed E-state index contributed by atoms with van der Waals surface area (Å²) in [5, 5.41) is 4.41. The lowest BCUT2D eigenvalue weighted by Crippen LogP contribution is -2.38. The Morgan fingerprint density at radius 2 is 2.04 bits per heavy atom. The molecular weight excluding hydrogens is 305 g/mol. The molecule has 1 heterocycles. The molecule has 2 rings (SSSR count). The molecule has 130 valence electrons. The molecular formula is C19H26FN3O. The molecule has 0 spiro atoms. The van der Waals surface area contributed by atoms with Gasteiger partial charge in [0.05, 0.1) is 11.3 Å². The standard InChI is InChI=1S/C19H26FN3O/c1-5-11-22-13-17(15(4)21-22)19(24)23(14(3)6-2)12-16-9-7-8-10-18(16)20/h7-10,13-14H,5-6,11-12H2,1-4H3/t14-/m0/s1. The number of carbonyl (C=O) groups is 1. The van der Waals surface area contributed by atoms with Crippen LogP contribution in [0.1, 0.15) is 55.2 Å². The number of carbonyl (C=O) groups excluding carboxylic acids is 1. The lowest BCUT2D eigenvalue weighted by Gasteiger charge is -2.28. The van der Waals surface area contributed by atoms with Crippen LogP contribution in [-0.2, 0) is 13.1 Å². The summed E-state index contributed by atoms with van der Waals surface area (Å²) >= 11 is 0. The van der Waals surface area contributed by atoms with E-state index < -0.39 is 0 Å². The molecule has 4 nitrogen and oxygen atoms in total. The van der Waals surface area contributed by atoms with Crippen molar-refractivity contribution in [2.45, 2.75) is 59.7 Å². The van der Waals surface area contributed by atoms with Gasteiger partial charge in [0.1, 0.15) is 5.82 Å². The van der Waals surface area contributed by atoms with Gasteiger partial charge in [0, 0.05) is 30.9 Å². The minimum absolute atomic E-state index is 0.0195. The fourth-order valence-electron chi connectivity index (χ4n) is 2.68. The number of amides is 1. The number of aromatic nitrogens is 2. The Hall–Kier alpha value is -2.17. The molecule has 0 saturated heterocycles. The molecule has 0 saturated carbocycles. The van der Waals surface area contributed by atoms with Crippen molar-refractivity contribution < 1.29 is 9.18 Å². The number of rotatable bonds is 7. The minimum Gasteiger partial charge on any atom is -0.331 e. The molecule has 0 aliphatic heterocycles. The molecule has 2 aromatic rings. The third kappa shape index (κ3) is 4.02. The Balaban J connectivity index is 2.30. The zero-order valence-corrected chi connectivity index (χ0v) is 14.9. The van der Waals surface area contributed by atoms with Crippen molar-refractivity contribution in [1.29, 1.82) is 0 Å². The molecule has 0 radical (unpaired) electrons. The van der Waals surface area contributed by atoms with Gasteiger partial charge in [0.25, 0.3) is 5.91 Å². The number of hydrogen-bond donors (Lipinski definition) is 0. The van der Waals surface area contributed by atoms with Crippen LogP contribution in [0.2, 0.25) is 0 Å². The van der Waals surface area contributed by atoms with Crippen LogP contribution >= 0.6 is 0 Å². The van der Waals surface area contributed by atoms with Crippen LogP contribution in [0, 0.1) is 12.7 Å². The van der Waals surface area contributed by atoms with Crippen molar-refractivity contribution in [1.82, 2.24) is 14.7 Å². The smallest absolute Gasteiger partial charge is 0.257 e. The van der Waals surface area contributed by atoms with E-state index in [4.69, 9.17) is 0 Å². The summed E-state index contributed by atoms with van der Waals surface area (Å²) in [5.41, 5.74) is 1.85. The fourth-order valence-corrected chi connectivity index (χ4v) is 2.68. The Morgan fingerprint density at radius 3 is 2.67 bits per heavy atom. The zero-order valence-electron chi connectivity index (χ0n) is 14.9. The van der Waals surface area contributed by atoms with Gasteiger partial charge < -0.3 is 4.90 Å². The zero-order chi connectivity index (χ0) is 17.7. The quantitative estimate of drug-likeness (QED) is 0.763. The molecule has 1 aromatic carbocycles. The first-order valence-corrected chi connectivity index (χ1v) is 8.56. The predicted octanol–water partition coefficient (Wildman–Crippen LogP) is 4.18. The first-order valence-electron chi connectivity index (χ1n) is 8.56. The maximum atomic E-state index is 14.0. The van der Waals surface area contributed by atoms with E-state index in [0.29, 0.717) is 11.1 Å². The Labute approximate surface area is 143 Å². The molecule has 1 atom stereocenters. The molecule has 1 amide bonds. The fraction of sp³-hybridized carbons (Fsp3) is 0.474. The van der Waals surface area contributed by atoms with Gasteiger partial charge in [-0.25, -0.2) is 4.39 Å². The van der Waals surface area contributed by atoms with E-state index in [1.54, 1.807) is 34.0 Å². The second kappa shape index (κ2) is 8.08. The topological polar surface area (TPSA) is 38.1 Å². The van der Waals surface area contributed by atoms with E-state index in [1.165, 1.54) is 6.07 Å². The SMILES string of the molecule is CCCn1cc(C(=O)N(Cc2ccccc2F)[C@@H](C)CC)c(C)n1. The van der Waals surface area contributed by atoms with E-state index in [0.717, 1.165) is 25.1 Å². The second-order valence-corrected chi connectivity index (χ2v) is 6.17. The van der Waals surface area contributed by atoms with Crippen molar-refractivity contribution in [2.24, 2.45) is 0 Å². The maximum Gasteiger partial charge on any atom is 0.257 e. The van der Waals surface area contributed by atoms with Gasteiger partial charge in [-0.1, -0.05) is 32.0 Å². The lowest BCUT2D eigenvalue weighted by atomic mass is 10.1. The molecule has 5 heteroatoms. The number of benzene rings is 1. The van der Waals surface area contributed by atoms with Crippen LogP contribution in [0.4, 0.5) is 4.39 Å². The highest BCUT2D eigenvalue weighted by atomic mass is 19.1. The van der Waals surface area contributed by atoms with Crippen molar-refractivity contribution in [3.05, 3.63) is 53.1 Å². The molecule has 24 heavy (non-hydrogen) atoms. The van der Waals surface area contributed by atoms with E-state index in [9.17, 15) is 9.18 Å². The highest BCUT2D eigenvalue weighted by Gasteiger charge is 2.24. The van der Waals surface area contributed by atoms with Gasteiger partial charge in [-0.2, -0.15) is 5.10 Å². The van der Waals surface area contributed by atoms with E-state index in [1.807, 2.05) is 20.8 Å². The lowest BCUT2D eigenvalue weighted by molar-refractivity contribution is 0.0668. The largest absolute Gasteiger partial charge is 0.331 e. The number of halogens is 1. The van der Waals surface area contributed by atoms with Gasteiger partial charge in [0.15, 0.2) is 0 Å². The van der Waals surface area contributed by atoms with E-state index in [-0.39, 0.29) is 24.3 Å². The average Bonchev–Trinajstić information content (AvgIpc) is 2.93.